The average Bonchev–Trinajstić information content (AvgIpc) is 3.24. The number of carbonyl (C=O) groups excluding carboxylic acids is 1. The van der Waals surface area contributed by atoms with E-state index < -0.39 is 5.97 Å². The Morgan fingerprint density at radius 3 is 2.26 bits per heavy atom. The third-order valence-electron chi connectivity index (χ3n) is 7.72. The van der Waals surface area contributed by atoms with E-state index in [0.717, 1.165) is 17.1 Å². The van der Waals surface area contributed by atoms with Crippen molar-refractivity contribution in [2.75, 3.05) is 29.5 Å². The summed E-state index contributed by atoms with van der Waals surface area (Å²) in [6.45, 7) is 12.1. The minimum Gasteiger partial charge on any atom is -0.478 e. The molecule has 0 saturated carbocycles. The maximum Gasteiger partial charge on any atom is 0.330 e. The van der Waals surface area contributed by atoms with Crippen LogP contribution in [0.25, 0.3) is 0 Å². The van der Waals surface area contributed by atoms with Crippen molar-refractivity contribution < 1.29 is 19.4 Å². The summed E-state index contributed by atoms with van der Waals surface area (Å²) in [5.41, 5.74) is 5.45. The first-order valence-corrected chi connectivity index (χ1v) is 13.4. The van der Waals surface area contributed by atoms with Gasteiger partial charge >= 0.3 is 11.9 Å². The highest BCUT2D eigenvalue weighted by atomic mass is 16.5. The molecule has 0 spiro atoms. The summed E-state index contributed by atoms with van der Waals surface area (Å²) in [6.07, 6.45) is 12.8. The third kappa shape index (κ3) is 5.56. The molecule has 2 aliphatic heterocycles. The van der Waals surface area contributed by atoms with Gasteiger partial charge in [-0.25, -0.2) is 9.59 Å². The van der Waals surface area contributed by atoms with Crippen LogP contribution in [0.2, 0.25) is 0 Å². The number of nitrogens with zero attached hydrogens (tertiary/aromatic N) is 2. The highest BCUT2D eigenvalue weighted by molar-refractivity contribution is 5.82. The molecule has 2 aliphatic rings. The summed E-state index contributed by atoms with van der Waals surface area (Å²) in [7, 11) is 0. The zero-order chi connectivity index (χ0) is 28.2. The molecule has 0 bridgehead atoms. The largest absolute Gasteiger partial charge is 0.478 e. The van der Waals surface area contributed by atoms with Gasteiger partial charge in [-0.3, -0.25) is 0 Å². The summed E-state index contributed by atoms with van der Waals surface area (Å²) in [6, 6.07) is 16.8. The molecular weight excluding hydrogens is 488 g/mol. The van der Waals surface area contributed by atoms with Gasteiger partial charge in [0, 0.05) is 53.1 Å². The summed E-state index contributed by atoms with van der Waals surface area (Å²) < 4.78 is 5.05. The van der Waals surface area contributed by atoms with Crippen LogP contribution in [0.15, 0.2) is 96.8 Å². The Hall–Kier alpha value is -4.06. The second-order valence-corrected chi connectivity index (χ2v) is 10.9. The zero-order valence-electron chi connectivity index (χ0n) is 23.4. The second kappa shape index (κ2) is 11.4. The molecule has 0 aromatic heterocycles. The van der Waals surface area contributed by atoms with Crippen LogP contribution in [-0.4, -0.2) is 42.8 Å². The van der Waals surface area contributed by atoms with Crippen LogP contribution in [0.4, 0.5) is 11.4 Å². The molecule has 1 unspecified atom stereocenters. The third-order valence-corrected chi connectivity index (χ3v) is 7.72. The number of fused-ring (bicyclic) bond motifs is 2. The van der Waals surface area contributed by atoms with Crippen LogP contribution < -0.4 is 9.80 Å². The Bertz CT molecular complexity index is 1350. The van der Waals surface area contributed by atoms with Crippen molar-refractivity contribution >= 4 is 23.3 Å². The van der Waals surface area contributed by atoms with Gasteiger partial charge in [-0.15, -0.1) is 0 Å². The first kappa shape index (κ1) is 28.0. The van der Waals surface area contributed by atoms with Crippen molar-refractivity contribution in [1.29, 1.82) is 0 Å². The Kier molecular flexibility index (Phi) is 8.14. The van der Waals surface area contributed by atoms with Gasteiger partial charge in [0.1, 0.15) is 0 Å². The lowest BCUT2D eigenvalue weighted by molar-refractivity contribution is -0.137. The normalized spacial score (nSPS) is 20.3. The number of carboxylic acid groups (broad SMARTS) is 1. The van der Waals surface area contributed by atoms with Gasteiger partial charge in [0.25, 0.3) is 0 Å². The molecule has 6 nitrogen and oxygen atoms in total. The van der Waals surface area contributed by atoms with E-state index in [1.54, 1.807) is 13.0 Å². The van der Waals surface area contributed by atoms with Gasteiger partial charge in [-0.05, 0) is 36.3 Å². The Morgan fingerprint density at radius 1 is 0.923 bits per heavy atom. The van der Waals surface area contributed by atoms with Crippen molar-refractivity contribution in [3.63, 3.8) is 0 Å². The summed E-state index contributed by atoms with van der Waals surface area (Å²) in [4.78, 5) is 27.5. The number of hydrogen-bond donors (Lipinski definition) is 1. The van der Waals surface area contributed by atoms with E-state index in [9.17, 15) is 9.59 Å². The van der Waals surface area contributed by atoms with Gasteiger partial charge in [0.15, 0.2) is 0 Å². The molecule has 2 aromatic carbocycles. The van der Waals surface area contributed by atoms with Gasteiger partial charge in [0.05, 0.1) is 12.6 Å². The molecule has 39 heavy (non-hydrogen) atoms. The molecule has 1 N–H and O–H groups in total. The Labute approximate surface area is 231 Å². The molecule has 1 atom stereocenters. The van der Waals surface area contributed by atoms with Crippen molar-refractivity contribution in [3.05, 3.63) is 108 Å². The predicted molar refractivity (Wildman–Crippen MR) is 157 cm³/mol. The molecule has 0 saturated heterocycles. The molecule has 2 aromatic rings. The highest BCUT2D eigenvalue weighted by Crippen LogP contribution is 2.48. The lowest BCUT2D eigenvalue weighted by Gasteiger charge is -2.32. The van der Waals surface area contributed by atoms with Crippen molar-refractivity contribution in [2.45, 2.75) is 51.5 Å². The molecule has 0 radical (unpaired) electrons. The first-order chi connectivity index (χ1) is 18.6. The lowest BCUT2D eigenvalue weighted by Crippen LogP contribution is -2.40. The van der Waals surface area contributed by atoms with E-state index >= 15 is 0 Å². The van der Waals surface area contributed by atoms with E-state index in [1.807, 2.05) is 24.3 Å². The van der Waals surface area contributed by atoms with E-state index in [-0.39, 0.29) is 22.8 Å². The fourth-order valence-electron chi connectivity index (χ4n) is 5.83. The average molecular weight is 527 g/mol. The highest BCUT2D eigenvalue weighted by Gasteiger charge is 2.43. The predicted octanol–water partition coefficient (Wildman–Crippen LogP) is 6.15. The number of ether oxygens (including phenoxy) is 1. The molecule has 4 rings (SSSR count). The van der Waals surface area contributed by atoms with Gasteiger partial charge in [-0.2, -0.15) is 0 Å². The van der Waals surface area contributed by atoms with Crippen molar-refractivity contribution in [3.8, 4) is 0 Å². The fraction of sp³-hybridized carbons (Fsp3) is 0.333. The Balaban J connectivity index is 1.67. The van der Waals surface area contributed by atoms with Crippen LogP contribution in [0, 0.1) is 0 Å². The van der Waals surface area contributed by atoms with Crippen LogP contribution in [-0.2, 0) is 25.2 Å². The molecule has 0 fully saturated rings. The smallest absolute Gasteiger partial charge is 0.330 e. The lowest BCUT2D eigenvalue weighted by atomic mass is 9.80. The molecule has 2 heterocycles. The monoisotopic (exact) mass is 526 g/mol. The number of anilines is 2. The molecule has 0 amide bonds. The van der Waals surface area contributed by atoms with E-state index in [2.05, 4.69) is 86.1 Å². The standard InChI is InChI=1S/C33H38N2O4/c1-6-39-31(38)21-13-23-35-27-17-10-8-15-25(27)33(4,5)29(35)19-11-18-28-32(2,3)24-14-7-9-16-26(24)34(28)22-12-20-30(36)37/h7-21,29H,6,22-23H2,1-5H3,(H,36,37). The summed E-state index contributed by atoms with van der Waals surface area (Å²) in [5.74, 6) is -1.28. The zero-order valence-corrected chi connectivity index (χ0v) is 23.4. The topological polar surface area (TPSA) is 70.1 Å². The fourth-order valence-corrected chi connectivity index (χ4v) is 5.83. The van der Waals surface area contributed by atoms with Crippen LogP contribution in [0.3, 0.4) is 0 Å². The number of benzene rings is 2. The van der Waals surface area contributed by atoms with Gasteiger partial charge in [-0.1, -0.05) is 88.4 Å². The minimum atomic E-state index is -0.952. The number of esters is 1. The van der Waals surface area contributed by atoms with Crippen molar-refractivity contribution in [1.82, 2.24) is 0 Å². The van der Waals surface area contributed by atoms with Crippen molar-refractivity contribution in [2.24, 2.45) is 0 Å². The van der Waals surface area contributed by atoms with E-state index in [0.29, 0.717) is 19.7 Å². The molecule has 0 aliphatic carbocycles. The maximum absolute atomic E-state index is 11.9. The number of carbonyl (C=O) groups is 2. The second-order valence-electron chi connectivity index (χ2n) is 10.9. The number of allylic oxidation sites excluding steroid dienone is 3. The van der Waals surface area contributed by atoms with Crippen LogP contribution in [0.5, 0.6) is 0 Å². The van der Waals surface area contributed by atoms with E-state index in [1.165, 1.54) is 23.3 Å². The number of rotatable bonds is 9. The quantitative estimate of drug-likeness (QED) is 0.312. The number of para-hydroxylation sites is 2. The van der Waals surface area contributed by atoms with Gasteiger partial charge < -0.3 is 19.6 Å². The van der Waals surface area contributed by atoms with Gasteiger partial charge in [0.2, 0.25) is 0 Å². The minimum absolute atomic E-state index is 0.0610. The number of carboxylic acids is 1. The summed E-state index contributed by atoms with van der Waals surface area (Å²) >= 11 is 0. The Morgan fingerprint density at radius 2 is 1.56 bits per heavy atom. The SMILES string of the molecule is CCOC(=O)C=CCN1c2ccccc2C(C)(C)C1C=CC=C1N(CC=CC(=O)O)c2ccccc2C1(C)C. The number of aliphatic carboxylic acids is 1. The van der Waals surface area contributed by atoms with Crippen LogP contribution in [0.1, 0.15) is 45.7 Å². The molecule has 6 heteroatoms. The van der Waals surface area contributed by atoms with Crippen LogP contribution >= 0.6 is 0 Å². The molecular formula is C33H38N2O4. The first-order valence-electron chi connectivity index (χ1n) is 13.4. The molecule has 204 valence electrons. The number of hydrogen-bond acceptors (Lipinski definition) is 5. The summed E-state index contributed by atoms with van der Waals surface area (Å²) in [5, 5.41) is 9.11. The maximum atomic E-state index is 11.9. The van der Waals surface area contributed by atoms with E-state index in [4.69, 9.17) is 9.84 Å².